The number of carboxylic acid groups (broad SMARTS) is 1. The number of hydrogen-bond donors (Lipinski definition) is 2. The molecule has 6 heteroatoms. The predicted molar refractivity (Wildman–Crippen MR) is 61.9 cm³/mol. The van der Waals surface area contributed by atoms with Gasteiger partial charge in [-0.3, -0.25) is 0 Å². The van der Waals surface area contributed by atoms with Crippen LogP contribution in [0.25, 0.3) is 0 Å². The van der Waals surface area contributed by atoms with Crippen molar-refractivity contribution in [3.63, 3.8) is 0 Å². The first-order valence-electron chi connectivity index (χ1n) is 5.94. The van der Waals surface area contributed by atoms with E-state index < -0.39 is 12.0 Å². The second-order valence-electron chi connectivity index (χ2n) is 4.25. The van der Waals surface area contributed by atoms with Crippen molar-refractivity contribution in [3.05, 3.63) is 0 Å². The summed E-state index contributed by atoms with van der Waals surface area (Å²) in [6.07, 6.45) is 1.16. The first kappa shape index (κ1) is 13.8. The molecule has 2 amide bonds. The molecule has 6 nitrogen and oxygen atoms in total. The third kappa shape index (κ3) is 3.89. The summed E-state index contributed by atoms with van der Waals surface area (Å²) >= 11 is 0. The summed E-state index contributed by atoms with van der Waals surface area (Å²) in [6, 6.07) is -1.14. The van der Waals surface area contributed by atoms with Gasteiger partial charge in [-0.25, -0.2) is 9.59 Å². The third-order valence-electron chi connectivity index (χ3n) is 2.80. The van der Waals surface area contributed by atoms with Gasteiger partial charge in [0.1, 0.15) is 6.04 Å². The number of urea groups is 1. The number of nitrogens with one attached hydrogen (secondary N) is 1. The van der Waals surface area contributed by atoms with Gasteiger partial charge in [0, 0.05) is 6.54 Å². The van der Waals surface area contributed by atoms with Gasteiger partial charge in [-0.05, 0) is 13.3 Å². The lowest BCUT2D eigenvalue weighted by molar-refractivity contribution is -0.139. The Morgan fingerprint density at radius 3 is 2.82 bits per heavy atom. The van der Waals surface area contributed by atoms with E-state index in [1.165, 1.54) is 0 Å². The molecule has 1 saturated heterocycles. The molecule has 2 unspecified atom stereocenters. The summed E-state index contributed by atoms with van der Waals surface area (Å²) in [7, 11) is 0. The Balaban J connectivity index is 2.53. The van der Waals surface area contributed by atoms with Crippen molar-refractivity contribution in [1.82, 2.24) is 10.2 Å². The van der Waals surface area contributed by atoms with E-state index in [9.17, 15) is 9.59 Å². The van der Waals surface area contributed by atoms with Gasteiger partial charge in [0.05, 0.1) is 19.3 Å². The molecule has 0 spiro atoms. The van der Waals surface area contributed by atoms with E-state index in [2.05, 4.69) is 5.32 Å². The average Bonchev–Trinajstić information content (AvgIpc) is 2.28. The highest BCUT2D eigenvalue weighted by Gasteiger charge is 2.27. The Bertz CT molecular complexity index is 283. The summed E-state index contributed by atoms with van der Waals surface area (Å²) in [5.41, 5.74) is 0. The quantitative estimate of drug-likeness (QED) is 0.762. The molecule has 0 aromatic rings. The summed E-state index contributed by atoms with van der Waals surface area (Å²) in [5.74, 6) is -0.985. The minimum Gasteiger partial charge on any atom is -0.480 e. The zero-order valence-electron chi connectivity index (χ0n) is 10.3. The van der Waals surface area contributed by atoms with E-state index in [4.69, 9.17) is 9.84 Å². The van der Waals surface area contributed by atoms with Gasteiger partial charge in [-0.15, -0.1) is 0 Å². The molecule has 2 N–H and O–H groups in total. The number of amides is 2. The summed E-state index contributed by atoms with van der Waals surface area (Å²) in [4.78, 5) is 24.4. The summed E-state index contributed by atoms with van der Waals surface area (Å²) < 4.78 is 5.22. The smallest absolute Gasteiger partial charge is 0.326 e. The van der Waals surface area contributed by atoms with Crippen LogP contribution in [0, 0.1) is 0 Å². The fourth-order valence-electron chi connectivity index (χ4n) is 1.81. The van der Waals surface area contributed by atoms with E-state index in [-0.39, 0.29) is 12.1 Å². The average molecular weight is 244 g/mol. The van der Waals surface area contributed by atoms with Crippen LogP contribution in [0.3, 0.4) is 0 Å². The van der Waals surface area contributed by atoms with Crippen molar-refractivity contribution in [1.29, 1.82) is 0 Å². The first-order valence-corrected chi connectivity index (χ1v) is 5.94. The van der Waals surface area contributed by atoms with Gasteiger partial charge in [-0.1, -0.05) is 13.3 Å². The molecule has 0 saturated carbocycles. The Hall–Kier alpha value is -1.30. The molecule has 0 aromatic carbocycles. The number of hydrogen-bond acceptors (Lipinski definition) is 3. The molecular weight excluding hydrogens is 224 g/mol. The van der Waals surface area contributed by atoms with Crippen LogP contribution in [0.2, 0.25) is 0 Å². The maximum atomic E-state index is 11.9. The molecule has 2 atom stereocenters. The van der Waals surface area contributed by atoms with Crippen molar-refractivity contribution in [2.24, 2.45) is 0 Å². The molecule has 0 radical (unpaired) electrons. The lowest BCUT2D eigenvalue weighted by Crippen LogP contribution is -2.54. The van der Waals surface area contributed by atoms with Crippen molar-refractivity contribution >= 4 is 12.0 Å². The highest BCUT2D eigenvalue weighted by atomic mass is 16.5. The van der Waals surface area contributed by atoms with Gasteiger partial charge in [0.2, 0.25) is 0 Å². The fourth-order valence-corrected chi connectivity index (χ4v) is 1.81. The van der Waals surface area contributed by atoms with E-state index in [1.54, 1.807) is 4.90 Å². The molecule has 17 heavy (non-hydrogen) atoms. The van der Waals surface area contributed by atoms with E-state index in [1.807, 2.05) is 13.8 Å². The van der Waals surface area contributed by atoms with Crippen molar-refractivity contribution in [2.45, 2.75) is 38.8 Å². The zero-order chi connectivity index (χ0) is 12.8. The molecular formula is C11H20N2O4. The van der Waals surface area contributed by atoms with Gasteiger partial charge in [0.25, 0.3) is 0 Å². The number of carboxylic acids is 1. The fraction of sp³-hybridized carbons (Fsp3) is 0.818. The van der Waals surface area contributed by atoms with Gasteiger partial charge in [0.15, 0.2) is 0 Å². The summed E-state index contributed by atoms with van der Waals surface area (Å²) in [6.45, 7) is 5.28. The minimum absolute atomic E-state index is 0.0141. The lowest BCUT2D eigenvalue weighted by atomic mass is 10.1. The maximum absolute atomic E-state index is 11.9. The minimum atomic E-state index is -0.985. The molecule has 0 aromatic heterocycles. The molecule has 1 fully saturated rings. The maximum Gasteiger partial charge on any atom is 0.326 e. The topological polar surface area (TPSA) is 78.9 Å². The summed E-state index contributed by atoms with van der Waals surface area (Å²) in [5, 5.41) is 11.5. The number of carbonyl (C=O) groups is 2. The highest BCUT2D eigenvalue weighted by Crippen LogP contribution is 2.07. The molecule has 0 bridgehead atoms. The number of nitrogens with zero attached hydrogens (tertiary/aromatic N) is 1. The number of rotatable bonds is 4. The molecule has 0 aliphatic carbocycles. The monoisotopic (exact) mass is 244 g/mol. The number of ether oxygens (including phenoxy) is 1. The molecule has 1 aliphatic heterocycles. The van der Waals surface area contributed by atoms with Crippen molar-refractivity contribution in [3.8, 4) is 0 Å². The van der Waals surface area contributed by atoms with Gasteiger partial charge >= 0.3 is 12.0 Å². The molecule has 1 aliphatic rings. The molecule has 1 rings (SSSR count). The SMILES string of the molecule is CCCC(NC(=O)N1CCOCC1C)C(=O)O. The van der Waals surface area contributed by atoms with Crippen molar-refractivity contribution in [2.75, 3.05) is 19.8 Å². The van der Waals surface area contributed by atoms with Gasteiger partial charge in [-0.2, -0.15) is 0 Å². The van der Waals surface area contributed by atoms with Crippen LogP contribution in [0.1, 0.15) is 26.7 Å². The lowest BCUT2D eigenvalue weighted by Gasteiger charge is -2.34. The van der Waals surface area contributed by atoms with Crippen LogP contribution < -0.4 is 5.32 Å². The predicted octanol–water partition coefficient (Wildman–Crippen LogP) is 0.670. The normalized spacial score (nSPS) is 22.0. The second-order valence-corrected chi connectivity index (χ2v) is 4.25. The third-order valence-corrected chi connectivity index (χ3v) is 2.80. The van der Waals surface area contributed by atoms with Crippen LogP contribution in [0.4, 0.5) is 4.79 Å². The van der Waals surface area contributed by atoms with E-state index >= 15 is 0 Å². The van der Waals surface area contributed by atoms with Crippen LogP contribution in [0.15, 0.2) is 0 Å². The Morgan fingerprint density at radius 1 is 1.59 bits per heavy atom. The Labute approximate surface area is 101 Å². The molecule has 1 heterocycles. The van der Waals surface area contributed by atoms with E-state index in [0.29, 0.717) is 26.2 Å². The first-order chi connectivity index (χ1) is 8.06. The zero-order valence-corrected chi connectivity index (χ0v) is 10.3. The van der Waals surface area contributed by atoms with Crippen LogP contribution >= 0.6 is 0 Å². The van der Waals surface area contributed by atoms with Crippen LogP contribution in [0.5, 0.6) is 0 Å². The Morgan fingerprint density at radius 2 is 2.29 bits per heavy atom. The second kappa shape index (κ2) is 6.44. The number of morpholine rings is 1. The van der Waals surface area contributed by atoms with Gasteiger partial charge < -0.3 is 20.1 Å². The van der Waals surface area contributed by atoms with Crippen LogP contribution in [-0.2, 0) is 9.53 Å². The molecule has 98 valence electrons. The van der Waals surface area contributed by atoms with Crippen molar-refractivity contribution < 1.29 is 19.4 Å². The standard InChI is InChI=1S/C11H20N2O4/c1-3-4-9(10(14)15)12-11(16)13-5-6-17-7-8(13)2/h8-9H,3-7H2,1-2H3,(H,12,16)(H,14,15). The largest absolute Gasteiger partial charge is 0.480 e. The highest BCUT2D eigenvalue weighted by molar-refractivity contribution is 5.82. The number of carbonyl (C=O) groups excluding carboxylic acids is 1. The Kier molecular flexibility index (Phi) is 5.21. The number of aliphatic carboxylic acids is 1. The van der Waals surface area contributed by atoms with E-state index in [0.717, 1.165) is 6.42 Å². The van der Waals surface area contributed by atoms with Crippen LogP contribution in [-0.4, -0.2) is 53.8 Å².